The molecule has 0 aliphatic carbocycles. The van der Waals surface area contributed by atoms with Crippen LogP contribution in [-0.4, -0.2) is 39.2 Å². The van der Waals surface area contributed by atoms with Crippen molar-refractivity contribution < 1.29 is 9.18 Å². The molecular formula is C14H17FN6O. The molecular weight excluding hydrogens is 287 g/mol. The molecule has 8 heteroatoms. The van der Waals surface area contributed by atoms with Crippen molar-refractivity contribution in [2.45, 2.75) is 19.8 Å². The SMILES string of the molecule is Cc1nnnn1-c1cc(NC(=O)C2CCCNC2)ccc1F. The smallest absolute Gasteiger partial charge is 0.228 e. The minimum Gasteiger partial charge on any atom is -0.326 e. The Hall–Kier alpha value is -2.35. The number of hydrogen-bond donors (Lipinski definition) is 2. The number of halogens is 1. The molecule has 2 aromatic rings. The largest absolute Gasteiger partial charge is 0.326 e. The fourth-order valence-electron chi connectivity index (χ4n) is 2.53. The van der Waals surface area contributed by atoms with E-state index in [1.54, 1.807) is 6.92 Å². The van der Waals surface area contributed by atoms with Crippen LogP contribution in [0.2, 0.25) is 0 Å². The molecule has 1 aliphatic heterocycles. The van der Waals surface area contributed by atoms with E-state index in [0.717, 1.165) is 19.4 Å². The molecule has 0 bridgehead atoms. The first-order chi connectivity index (χ1) is 10.6. The number of carbonyl (C=O) groups excluding carboxylic acids is 1. The van der Waals surface area contributed by atoms with Crippen molar-refractivity contribution in [3.05, 3.63) is 29.8 Å². The predicted molar refractivity (Wildman–Crippen MR) is 78.1 cm³/mol. The zero-order valence-electron chi connectivity index (χ0n) is 12.2. The van der Waals surface area contributed by atoms with Gasteiger partial charge in [0, 0.05) is 12.2 Å². The maximum absolute atomic E-state index is 14.0. The summed E-state index contributed by atoms with van der Waals surface area (Å²) in [6, 6.07) is 4.37. The number of piperidine rings is 1. The van der Waals surface area contributed by atoms with Gasteiger partial charge in [-0.3, -0.25) is 4.79 Å². The lowest BCUT2D eigenvalue weighted by Crippen LogP contribution is -2.37. The summed E-state index contributed by atoms with van der Waals surface area (Å²) < 4.78 is 15.3. The molecule has 0 spiro atoms. The Balaban J connectivity index is 1.80. The maximum Gasteiger partial charge on any atom is 0.228 e. The van der Waals surface area contributed by atoms with Crippen LogP contribution in [0.3, 0.4) is 0 Å². The monoisotopic (exact) mass is 304 g/mol. The standard InChI is InChI=1S/C14H17FN6O/c1-9-18-19-20-21(9)13-7-11(4-5-12(13)15)17-14(22)10-3-2-6-16-8-10/h4-5,7,10,16H,2-3,6,8H2,1H3,(H,17,22). The Morgan fingerprint density at radius 1 is 1.50 bits per heavy atom. The van der Waals surface area contributed by atoms with Crippen molar-refractivity contribution in [2.24, 2.45) is 5.92 Å². The lowest BCUT2D eigenvalue weighted by molar-refractivity contribution is -0.120. The highest BCUT2D eigenvalue weighted by atomic mass is 19.1. The van der Waals surface area contributed by atoms with E-state index in [4.69, 9.17) is 0 Å². The number of hydrogen-bond acceptors (Lipinski definition) is 5. The number of rotatable bonds is 3. The first kappa shape index (κ1) is 14.6. The van der Waals surface area contributed by atoms with Crippen molar-refractivity contribution in [3.8, 4) is 5.69 Å². The van der Waals surface area contributed by atoms with Gasteiger partial charge in [0.05, 0.1) is 5.92 Å². The zero-order chi connectivity index (χ0) is 15.5. The van der Waals surface area contributed by atoms with Crippen LogP contribution in [0.1, 0.15) is 18.7 Å². The maximum atomic E-state index is 14.0. The molecule has 1 aliphatic rings. The summed E-state index contributed by atoms with van der Waals surface area (Å²) in [4.78, 5) is 12.2. The van der Waals surface area contributed by atoms with Gasteiger partial charge in [-0.05, 0) is 54.9 Å². The second kappa shape index (κ2) is 6.18. The van der Waals surface area contributed by atoms with Crippen LogP contribution < -0.4 is 10.6 Å². The number of benzene rings is 1. The van der Waals surface area contributed by atoms with Gasteiger partial charge in [0.1, 0.15) is 11.5 Å². The average Bonchev–Trinajstić information content (AvgIpc) is 2.96. The molecule has 2 heterocycles. The van der Waals surface area contributed by atoms with Crippen molar-refractivity contribution >= 4 is 11.6 Å². The van der Waals surface area contributed by atoms with Gasteiger partial charge in [-0.15, -0.1) is 5.10 Å². The summed E-state index contributed by atoms with van der Waals surface area (Å²) in [5.74, 6) is -0.0955. The highest BCUT2D eigenvalue weighted by Crippen LogP contribution is 2.20. The van der Waals surface area contributed by atoms with E-state index < -0.39 is 5.82 Å². The van der Waals surface area contributed by atoms with Gasteiger partial charge in [-0.2, -0.15) is 4.68 Å². The molecule has 116 valence electrons. The summed E-state index contributed by atoms with van der Waals surface area (Å²) in [5, 5.41) is 17.0. The third-order valence-electron chi connectivity index (χ3n) is 3.73. The van der Waals surface area contributed by atoms with Gasteiger partial charge < -0.3 is 10.6 Å². The van der Waals surface area contributed by atoms with Crippen molar-refractivity contribution in [1.82, 2.24) is 25.5 Å². The number of anilines is 1. The number of carbonyl (C=O) groups is 1. The molecule has 0 radical (unpaired) electrons. The Kier molecular flexibility index (Phi) is 4.10. The molecule has 1 amide bonds. The van der Waals surface area contributed by atoms with Crippen LogP contribution >= 0.6 is 0 Å². The molecule has 22 heavy (non-hydrogen) atoms. The van der Waals surface area contributed by atoms with E-state index >= 15 is 0 Å². The molecule has 1 saturated heterocycles. The van der Waals surface area contributed by atoms with E-state index in [1.807, 2.05) is 0 Å². The fraction of sp³-hybridized carbons (Fsp3) is 0.429. The minimum atomic E-state index is -0.451. The molecule has 1 aromatic heterocycles. The van der Waals surface area contributed by atoms with Gasteiger partial charge in [-0.25, -0.2) is 4.39 Å². The van der Waals surface area contributed by atoms with Crippen molar-refractivity contribution in [2.75, 3.05) is 18.4 Å². The normalized spacial score (nSPS) is 18.2. The summed E-state index contributed by atoms with van der Waals surface area (Å²) in [5.41, 5.74) is 0.740. The summed E-state index contributed by atoms with van der Waals surface area (Å²) in [7, 11) is 0. The third kappa shape index (κ3) is 2.96. The average molecular weight is 304 g/mol. The fourth-order valence-corrected chi connectivity index (χ4v) is 2.53. The molecule has 3 rings (SSSR count). The van der Waals surface area contributed by atoms with Crippen LogP contribution in [-0.2, 0) is 4.79 Å². The Labute approximate surface area is 126 Å². The number of aryl methyl sites for hydroxylation is 1. The summed E-state index contributed by atoms with van der Waals surface area (Å²) >= 11 is 0. The zero-order valence-corrected chi connectivity index (χ0v) is 12.2. The second-order valence-corrected chi connectivity index (χ2v) is 5.34. The quantitative estimate of drug-likeness (QED) is 0.885. The van der Waals surface area contributed by atoms with E-state index in [0.29, 0.717) is 18.1 Å². The van der Waals surface area contributed by atoms with E-state index in [1.165, 1.54) is 22.9 Å². The molecule has 7 nitrogen and oxygen atoms in total. The van der Waals surface area contributed by atoms with Crippen LogP contribution in [0, 0.1) is 18.7 Å². The van der Waals surface area contributed by atoms with Gasteiger partial charge in [0.2, 0.25) is 5.91 Å². The van der Waals surface area contributed by atoms with Gasteiger partial charge in [0.25, 0.3) is 0 Å². The number of nitrogens with zero attached hydrogens (tertiary/aromatic N) is 4. The summed E-state index contributed by atoms with van der Waals surface area (Å²) in [6.45, 7) is 3.30. The lowest BCUT2D eigenvalue weighted by Gasteiger charge is -2.22. The number of nitrogens with one attached hydrogen (secondary N) is 2. The van der Waals surface area contributed by atoms with Gasteiger partial charge >= 0.3 is 0 Å². The predicted octanol–water partition coefficient (Wildman–Crippen LogP) is 1.05. The van der Waals surface area contributed by atoms with E-state index in [9.17, 15) is 9.18 Å². The number of amides is 1. The van der Waals surface area contributed by atoms with Gasteiger partial charge in [0.15, 0.2) is 5.82 Å². The van der Waals surface area contributed by atoms with Crippen molar-refractivity contribution in [3.63, 3.8) is 0 Å². The Morgan fingerprint density at radius 2 is 2.36 bits per heavy atom. The minimum absolute atomic E-state index is 0.0572. The van der Waals surface area contributed by atoms with Gasteiger partial charge in [-0.1, -0.05) is 0 Å². The van der Waals surface area contributed by atoms with Crippen LogP contribution in [0.15, 0.2) is 18.2 Å². The molecule has 1 aromatic carbocycles. The lowest BCUT2D eigenvalue weighted by atomic mass is 9.99. The highest BCUT2D eigenvalue weighted by molar-refractivity contribution is 5.93. The van der Waals surface area contributed by atoms with Crippen molar-refractivity contribution in [1.29, 1.82) is 0 Å². The topological polar surface area (TPSA) is 84.7 Å². The molecule has 1 fully saturated rings. The first-order valence-corrected chi connectivity index (χ1v) is 7.21. The van der Waals surface area contributed by atoms with Crippen LogP contribution in [0.25, 0.3) is 5.69 Å². The second-order valence-electron chi connectivity index (χ2n) is 5.34. The first-order valence-electron chi connectivity index (χ1n) is 7.21. The molecule has 0 saturated carbocycles. The number of tetrazole rings is 1. The Morgan fingerprint density at radius 3 is 3.05 bits per heavy atom. The number of aromatic nitrogens is 4. The van der Waals surface area contributed by atoms with E-state index in [2.05, 4.69) is 26.2 Å². The Bertz CT molecular complexity index is 680. The third-order valence-corrected chi connectivity index (χ3v) is 3.73. The highest BCUT2D eigenvalue weighted by Gasteiger charge is 2.21. The van der Waals surface area contributed by atoms with Crippen LogP contribution in [0.4, 0.5) is 10.1 Å². The molecule has 2 N–H and O–H groups in total. The van der Waals surface area contributed by atoms with Crippen LogP contribution in [0.5, 0.6) is 0 Å². The molecule has 1 unspecified atom stereocenters. The molecule has 1 atom stereocenters. The summed E-state index contributed by atoms with van der Waals surface area (Å²) in [6.07, 6.45) is 1.84. The van der Waals surface area contributed by atoms with E-state index in [-0.39, 0.29) is 17.5 Å².